The summed E-state index contributed by atoms with van der Waals surface area (Å²) in [6.45, 7) is 1.60. The van der Waals surface area contributed by atoms with Crippen molar-refractivity contribution in [2.24, 2.45) is 5.92 Å². The lowest BCUT2D eigenvalue weighted by atomic mass is 9.65. The van der Waals surface area contributed by atoms with E-state index in [1.807, 2.05) is 91.0 Å². The summed E-state index contributed by atoms with van der Waals surface area (Å²) in [5.74, 6) is 0.952. The number of esters is 1. The third-order valence-electron chi connectivity index (χ3n) is 11.2. The molecule has 7 atom stereocenters. The van der Waals surface area contributed by atoms with Crippen LogP contribution in [0.15, 0.2) is 133 Å². The van der Waals surface area contributed by atoms with E-state index in [1.54, 1.807) is 42.2 Å². The van der Waals surface area contributed by atoms with Crippen LogP contribution in [0.5, 0.6) is 5.75 Å². The van der Waals surface area contributed by atoms with Crippen molar-refractivity contribution in [3.05, 3.63) is 167 Å². The second kappa shape index (κ2) is 15.1. The molecular formula is C46H39N3O8. The molecule has 286 valence electrons. The van der Waals surface area contributed by atoms with Crippen molar-refractivity contribution in [3.63, 3.8) is 0 Å². The number of aromatic hydroxyl groups is 1. The number of urea groups is 1. The van der Waals surface area contributed by atoms with E-state index >= 15 is 4.79 Å². The Morgan fingerprint density at radius 3 is 2.09 bits per heavy atom. The molecule has 5 aromatic carbocycles. The number of amides is 3. The Bertz CT molecular complexity index is 2400. The molecule has 3 aliphatic rings. The number of hydrogen-bond donors (Lipinski definition) is 4. The highest BCUT2D eigenvalue weighted by Gasteiger charge is 2.76. The van der Waals surface area contributed by atoms with Crippen molar-refractivity contribution in [1.29, 1.82) is 0 Å². The van der Waals surface area contributed by atoms with Gasteiger partial charge in [0.05, 0.1) is 30.4 Å². The number of aliphatic hydroxyl groups excluding tert-OH is 1. The van der Waals surface area contributed by atoms with Gasteiger partial charge in [-0.3, -0.25) is 19.3 Å². The van der Waals surface area contributed by atoms with E-state index in [1.165, 1.54) is 12.1 Å². The van der Waals surface area contributed by atoms with Gasteiger partial charge in [-0.2, -0.15) is 0 Å². The summed E-state index contributed by atoms with van der Waals surface area (Å²) < 4.78 is 6.29. The van der Waals surface area contributed by atoms with Crippen molar-refractivity contribution in [3.8, 4) is 17.6 Å². The molecule has 3 amide bonds. The van der Waals surface area contributed by atoms with Crippen LogP contribution in [-0.2, 0) is 24.5 Å². The molecule has 2 saturated heterocycles. The Kier molecular flexibility index (Phi) is 9.83. The second-order valence-corrected chi connectivity index (χ2v) is 14.4. The maximum absolute atomic E-state index is 15.8. The number of carbonyl (C=O) groups excluding carboxylic acids is 3. The Morgan fingerprint density at radius 2 is 1.46 bits per heavy atom. The molecule has 11 heteroatoms. The number of carbonyl (C=O) groups is 4. The second-order valence-electron chi connectivity index (χ2n) is 14.4. The smallest absolute Gasteiger partial charge is 0.329 e. The van der Waals surface area contributed by atoms with Gasteiger partial charge in [-0.15, -0.1) is 0 Å². The SMILES string of the molecule is C[C@@H](NC(=O)N1C(=O)[C@@]2(c3cc(C#CCCO)ccc31)[C@H](C(=O)O)[C@H]1C(=O)O[C@H](c3ccccc3)[C@H](c3ccccc3)N1[C@@H]2c1ccc(O)cc1)c1ccccc1. The zero-order chi connectivity index (χ0) is 39.8. The normalized spacial score (nSPS) is 24.2. The van der Waals surface area contributed by atoms with Crippen LogP contribution in [0, 0.1) is 17.8 Å². The fourth-order valence-corrected chi connectivity index (χ4v) is 8.92. The zero-order valence-corrected chi connectivity index (χ0v) is 30.9. The quantitative estimate of drug-likeness (QED) is 0.110. The number of benzene rings is 5. The lowest BCUT2D eigenvalue weighted by molar-refractivity contribution is -0.179. The molecule has 0 unspecified atom stereocenters. The molecule has 5 aromatic rings. The predicted molar refractivity (Wildman–Crippen MR) is 210 cm³/mol. The number of anilines is 1. The molecule has 11 nitrogen and oxygen atoms in total. The third kappa shape index (κ3) is 6.20. The van der Waals surface area contributed by atoms with E-state index in [0.29, 0.717) is 22.3 Å². The molecule has 2 fully saturated rings. The van der Waals surface area contributed by atoms with Gasteiger partial charge in [-0.1, -0.05) is 115 Å². The van der Waals surface area contributed by atoms with Gasteiger partial charge in [0.15, 0.2) is 0 Å². The van der Waals surface area contributed by atoms with Crippen LogP contribution >= 0.6 is 0 Å². The standard InChI is InChI=1S/C46H39N3O8/c1-28(30-14-5-2-6-15-30)47-45(56)48-36-25-20-29(13-11-12-26-50)27-35(36)46(44(48)55)37(42(52)53)39-43(54)57-40(32-18-9-4-10-19-32)38(31-16-7-3-8-17-31)49(39)41(46)33-21-23-34(51)24-22-33/h2-10,14-25,27-28,37-41,50-51H,12,26H2,1H3,(H,47,56)(H,52,53)/t28-,37+,38+,39+,40-,41-,46+/m1/s1. The minimum atomic E-state index is -2.12. The maximum atomic E-state index is 15.8. The maximum Gasteiger partial charge on any atom is 0.329 e. The fraction of sp³-hybridized carbons (Fsp3) is 0.217. The molecule has 1 spiro atoms. The molecule has 0 aromatic heterocycles. The number of carboxylic acid groups (broad SMARTS) is 1. The van der Waals surface area contributed by atoms with E-state index in [9.17, 15) is 29.7 Å². The van der Waals surface area contributed by atoms with Crippen LogP contribution in [0.2, 0.25) is 0 Å². The number of nitrogens with one attached hydrogen (secondary N) is 1. The van der Waals surface area contributed by atoms with Gasteiger partial charge in [-0.25, -0.2) is 9.69 Å². The van der Waals surface area contributed by atoms with E-state index in [-0.39, 0.29) is 30.0 Å². The zero-order valence-electron chi connectivity index (χ0n) is 30.9. The number of fused-ring (bicyclic) bond motifs is 3. The topological polar surface area (TPSA) is 157 Å². The Morgan fingerprint density at radius 1 is 0.825 bits per heavy atom. The molecular weight excluding hydrogens is 723 g/mol. The number of nitrogens with zero attached hydrogens (tertiary/aromatic N) is 2. The molecule has 0 saturated carbocycles. The number of ether oxygens (including phenoxy) is 1. The van der Waals surface area contributed by atoms with Crippen molar-refractivity contribution < 1.29 is 39.2 Å². The van der Waals surface area contributed by atoms with Gasteiger partial charge >= 0.3 is 18.0 Å². The summed E-state index contributed by atoms with van der Waals surface area (Å²) in [4.78, 5) is 61.9. The van der Waals surface area contributed by atoms with E-state index < -0.39 is 65.5 Å². The number of hydrogen-bond acceptors (Lipinski definition) is 8. The first-order valence-electron chi connectivity index (χ1n) is 18.7. The first-order chi connectivity index (χ1) is 27.7. The van der Waals surface area contributed by atoms with E-state index in [2.05, 4.69) is 17.2 Å². The van der Waals surface area contributed by atoms with Crippen molar-refractivity contribution in [1.82, 2.24) is 10.2 Å². The van der Waals surface area contributed by atoms with Crippen LogP contribution < -0.4 is 10.2 Å². The van der Waals surface area contributed by atoms with Gasteiger partial charge < -0.3 is 25.4 Å². The average Bonchev–Trinajstić information content (AvgIpc) is 3.68. The molecule has 8 rings (SSSR count). The first-order valence-corrected chi connectivity index (χ1v) is 18.7. The third-order valence-corrected chi connectivity index (χ3v) is 11.2. The summed E-state index contributed by atoms with van der Waals surface area (Å²) in [6.07, 6.45) is -0.762. The fourth-order valence-electron chi connectivity index (χ4n) is 8.92. The van der Waals surface area contributed by atoms with Crippen molar-refractivity contribution in [2.45, 2.75) is 49.0 Å². The van der Waals surface area contributed by atoms with Gasteiger partial charge in [0.25, 0.3) is 0 Å². The number of aliphatic carboxylic acids is 1. The van der Waals surface area contributed by atoms with Crippen LogP contribution in [0.25, 0.3) is 0 Å². The molecule has 57 heavy (non-hydrogen) atoms. The number of phenols is 1. The summed E-state index contributed by atoms with van der Waals surface area (Å²) >= 11 is 0. The molecule has 0 bridgehead atoms. The first kappa shape index (κ1) is 37.2. The number of imide groups is 1. The van der Waals surface area contributed by atoms with Crippen LogP contribution in [-0.4, -0.2) is 56.7 Å². The molecule has 0 radical (unpaired) electrons. The number of cyclic esters (lactones) is 1. The van der Waals surface area contributed by atoms with Crippen molar-refractivity contribution in [2.75, 3.05) is 11.5 Å². The summed E-state index contributed by atoms with van der Waals surface area (Å²) in [5, 5.41) is 34.3. The lowest BCUT2D eigenvalue weighted by Crippen LogP contribution is -2.54. The number of rotatable bonds is 7. The Labute approximate surface area is 329 Å². The molecule has 0 aliphatic carbocycles. The van der Waals surface area contributed by atoms with E-state index in [0.717, 1.165) is 10.5 Å². The molecule has 3 heterocycles. The number of aliphatic hydroxyl groups is 1. The van der Waals surface area contributed by atoms with E-state index in [4.69, 9.17) is 4.74 Å². The van der Waals surface area contributed by atoms with Crippen LogP contribution in [0.4, 0.5) is 10.5 Å². The Hall–Kier alpha value is -6.74. The van der Waals surface area contributed by atoms with Crippen molar-refractivity contribution >= 4 is 29.6 Å². The van der Waals surface area contributed by atoms with Gasteiger partial charge in [-0.05, 0) is 65.1 Å². The van der Waals surface area contributed by atoms with Gasteiger partial charge in [0, 0.05) is 12.0 Å². The number of morpholine rings is 1. The predicted octanol–water partition coefficient (Wildman–Crippen LogP) is 6.35. The highest BCUT2D eigenvalue weighted by molar-refractivity contribution is 6.24. The molecule has 4 N–H and O–H groups in total. The molecule has 3 aliphatic heterocycles. The summed E-state index contributed by atoms with van der Waals surface area (Å²) in [6, 6.07) is 33.7. The summed E-state index contributed by atoms with van der Waals surface area (Å²) in [7, 11) is 0. The number of carboxylic acids is 1. The average molecular weight is 762 g/mol. The lowest BCUT2D eigenvalue weighted by Gasteiger charge is -2.46. The largest absolute Gasteiger partial charge is 0.508 e. The van der Waals surface area contributed by atoms with Crippen LogP contribution in [0.3, 0.4) is 0 Å². The Balaban J connectivity index is 1.41. The summed E-state index contributed by atoms with van der Waals surface area (Å²) in [5.41, 5.74) is 1.21. The highest BCUT2D eigenvalue weighted by Crippen LogP contribution is 2.66. The minimum absolute atomic E-state index is 0.0625. The van der Waals surface area contributed by atoms with Gasteiger partial charge in [0.2, 0.25) is 5.91 Å². The monoisotopic (exact) mass is 761 g/mol. The number of phenolic OH excluding ortho intramolecular Hbond substituents is 1. The minimum Gasteiger partial charge on any atom is -0.508 e. The van der Waals surface area contributed by atoms with Crippen LogP contribution in [0.1, 0.15) is 71.0 Å². The van der Waals surface area contributed by atoms with Gasteiger partial charge in [0.1, 0.15) is 29.2 Å². The highest BCUT2D eigenvalue weighted by atomic mass is 16.6.